The van der Waals surface area contributed by atoms with Crippen LogP contribution in [0, 0.1) is 22.2 Å². The van der Waals surface area contributed by atoms with Crippen molar-refractivity contribution in [3.8, 4) is 0 Å². The maximum Gasteiger partial charge on any atom is 0.306 e. The summed E-state index contributed by atoms with van der Waals surface area (Å²) in [5, 5.41) is 0. The minimum absolute atomic E-state index is 0.00529. The van der Waals surface area contributed by atoms with E-state index in [1.807, 2.05) is 0 Å². The van der Waals surface area contributed by atoms with Crippen LogP contribution in [0.25, 0.3) is 0 Å². The molecule has 4 atom stereocenters. The van der Waals surface area contributed by atoms with Gasteiger partial charge in [-0.15, -0.1) is 0 Å². The van der Waals surface area contributed by atoms with Gasteiger partial charge in [0.1, 0.15) is 6.10 Å². The topological polar surface area (TPSA) is 82.1 Å². The van der Waals surface area contributed by atoms with E-state index in [1.54, 1.807) is 0 Å². The molecule has 0 N–H and O–H groups in total. The lowest BCUT2D eigenvalue weighted by Gasteiger charge is -2.58. The van der Waals surface area contributed by atoms with E-state index in [1.165, 1.54) is 96.3 Å². The summed E-state index contributed by atoms with van der Waals surface area (Å²) in [4.78, 5) is 41.8. The average molecular weight is 860 g/mol. The Bertz CT molecular complexity index is 1120. The quantitative estimate of drug-likeness (QED) is 0.0346. The first-order valence-electron chi connectivity index (χ1n) is 26.7. The SMILES string of the molecule is CCCCCCCCCOC(=O)CCC1(C)CC2CC(C)(CCCOC(=O)CCCN(CC)CC)CC(CCC(=O)OC(CCCCCCCC)CCCCCCCC)(C2)C1. The number of hydrogen-bond donors (Lipinski definition) is 0. The van der Waals surface area contributed by atoms with E-state index < -0.39 is 0 Å². The number of fused-ring (bicyclic) bond motifs is 2. The summed E-state index contributed by atoms with van der Waals surface area (Å²) in [6.45, 7) is 20.0. The Hall–Kier alpha value is -1.63. The molecule has 2 aliphatic rings. The highest BCUT2D eigenvalue weighted by Crippen LogP contribution is 2.64. The van der Waals surface area contributed by atoms with E-state index in [-0.39, 0.29) is 40.3 Å². The second-order valence-corrected chi connectivity index (χ2v) is 21.0. The van der Waals surface area contributed by atoms with Crippen LogP contribution in [-0.2, 0) is 28.6 Å². The summed E-state index contributed by atoms with van der Waals surface area (Å²) < 4.78 is 17.9. The predicted molar refractivity (Wildman–Crippen MR) is 256 cm³/mol. The van der Waals surface area contributed by atoms with Crippen LogP contribution in [0.5, 0.6) is 0 Å². The summed E-state index contributed by atoms with van der Waals surface area (Å²) >= 11 is 0. The highest BCUT2D eigenvalue weighted by molar-refractivity contribution is 5.70. The van der Waals surface area contributed by atoms with Crippen molar-refractivity contribution >= 4 is 17.9 Å². The molecule has 2 fully saturated rings. The number of carbonyl (C=O) groups excluding carboxylic acids is 3. The summed E-state index contributed by atoms with van der Waals surface area (Å²) in [6, 6.07) is 0. The molecule has 0 heterocycles. The number of ether oxygens (including phenoxy) is 3. The second kappa shape index (κ2) is 32.9. The zero-order chi connectivity index (χ0) is 44.7. The van der Waals surface area contributed by atoms with Gasteiger partial charge < -0.3 is 19.1 Å². The van der Waals surface area contributed by atoms with Crippen LogP contribution in [-0.4, -0.2) is 61.8 Å². The van der Waals surface area contributed by atoms with Crippen molar-refractivity contribution in [3.05, 3.63) is 0 Å². The van der Waals surface area contributed by atoms with E-state index in [0.717, 1.165) is 122 Å². The average Bonchev–Trinajstić information content (AvgIpc) is 3.22. The van der Waals surface area contributed by atoms with E-state index in [2.05, 4.69) is 53.4 Å². The third kappa shape index (κ3) is 25.4. The third-order valence-electron chi connectivity index (χ3n) is 14.7. The van der Waals surface area contributed by atoms with E-state index in [4.69, 9.17) is 14.2 Å². The van der Waals surface area contributed by atoms with Gasteiger partial charge in [0, 0.05) is 19.3 Å². The number of unbranched alkanes of at least 4 members (excludes halogenated alkanes) is 16. The van der Waals surface area contributed by atoms with Crippen molar-refractivity contribution in [3.63, 3.8) is 0 Å². The van der Waals surface area contributed by atoms with Crippen LogP contribution in [0.4, 0.5) is 0 Å². The zero-order valence-corrected chi connectivity index (χ0v) is 41.6. The molecule has 0 aromatic heterocycles. The molecule has 7 nitrogen and oxygen atoms in total. The highest BCUT2D eigenvalue weighted by atomic mass is 16.5. The van der Waals surface area contributed by atoms with Gasteiger partial charge in [0.25, 0.3) is 0 Å². The molecule has 61 heavy (non-hydrogen) atoms. The van der Waals surface area contributed by atoms with Crippen molar-refractivity contribution in [1.29, 1.82) is 0 Å². The Labute approximate surface area is 378 Å². The van der Waals surface area contributed by atoms with Crippen molar-refractivity contribution in [2.75, 3.05) is 32.8 Å². The number of carbonyl (C=O) groups is 3. The highest BCUT2D eigenvalue weighted by Gasteiger charge is 2.53. The molecule has 0 aromatic carbocycles. The second-order valence-electron chi connectivity index (χ2n) is 21.0. The number of rotatable bonds is 39. The van der Waals surface area contributed by atoms with Gasteiger partial charge in [0.2, 0.25) is 0 Å². The normalized spacial score (nSPS) is 22.5. The molecule has 7 heteroatoms. The van der Waals surface area contributed by atoms with Crippen LogP contribution in [0.3, 0.4) is 0 Å². The largest absolute Gasteiger partial charge is 0.466 e. The van der Waals surface area contributed by atoms with Crippen LogP contribution < -0.4 is 0 Å². The molecule has 0 amide bonds. The molecular formula is C54H101NO6. The molecule has 0 radical (unpaired) electrons. The molecule has 0 spiro atoms. The first-order chi connectivity index (χ1) is 29.4. The van der Waals surface area contributed by atoms with Crippen LogP contribution in [0.2, 0.25) is 0 Å². The molecular weight excluding hydrogens is 759 g/mol. The van der Waals surface area contributed by atoms with E-state index in [0.29, 0.717) is 38.4 Å². The van der Waals surface area contributed by atoms with Crippen LogP contribution in [0.15, 0.2) is 0 Å². The zero-order valence-electron chi connectivity index (χ0n) is 41.6. The Kier molecular flexibility index (Phi) is 30.0. The molecule has 0 saturated heterocycles. The van der Waals surface area contributed by atoms with Gasteiger partial charge in [-0.3, -0.25) is 14.4 Å². The van der Waals surface area contributed by atoms with Crippen molar-refractivity contribution in [2.45, 2.75) is 273 Å². The lowest BCUT2D eigenvalue weighted by molar-refractivity contribution is -0.152. The minimum atomic E-state index is -0.0733. The maximum absolute atomic E-state index is 13.8. The van der Waals surface area contributed by atoms with Gasteiger partial charge in [-0.25, -0.2) is 0 Å². The standard InChI is InChI=1S/C54H101NO6/c1-8-13-16-19-22-25-28-40-59-50(57)34-37-53(7)43-47-42-52(6,36-30-41-60-49(56)33-29-39-55(11-4)12-5)45-54(44-47,46-53)38-35-51(58)61-48(31-26-23-20-17-14-9-2)32-27-24-21-18-15-10-3/h47-48H,8-46H2,1-7H3. The molecule has 358 valence electrons. The smallest absolute Gasteiger partial charge is 0.306 e. The van der Waals surface area contributed by atoms with Gasteiger partial charge in [-0.1, -0.05) is 151 Å². The third-order valence-corrected chi connectivity index (χ3v) is 14.7. The molecule has 2 aliphatic carbocycles. The summed E-state index contributed by atoms with van der Waals surface area (Å²) in [6.07, 6.45) is 37.1. The van der Waals surface area contributed by atoms with Gasteiger partial charge in [0.15, 0.2) is 0 Å². The number of nitrogens with zero attached hydrogens (tertiary/aromatic N) is 1. The summed E-state index contributed by atoms with van der Waals surface area (Å²) in [7, 11) is 0. The van der Waals surface area contributed by atoms with E-state index in [9.17, 15) is 14.4 Å². The van der Waals surface area contributed by atoms with E-state index >= 15 is 0 Å². The van der Waals surface area contributed by atoms with Gasteiger partial charge in [0.05, 0.1) is 13.2 Å². The molecule has 2 saturated carbocycles. The van der Waals surface area contributed by atoms with Crippen LogP contribution >= 0.6 is 0 Å². The molecule has 2 rings (SSSR count). The lowest BCUT2D eigenvalue weighted by Crippen LogP contribution is -2.48. The van der Waals surface area contributed by atoms with Gasteiger partial charge >= 0.3 is 17.9 Å². The Morgan fingerprint density at radius 3 is 1.51 bits per heavy atom. The fourth-order valence-electron chi connectivity index (χ4n) is 11.7. The summed E-state index contributed by atoms with van der Waals surface area (Å²) in [5.74, 6) is 0.438. The fourth-order valence-corrected chi connectivity index (χ4v) is 11.7. The van der Waals surface area contributed by atoms with Crippen molar-refractivity contribution in [1.82, 2.24) is 4.90 Å². The first-order valence-corrected chi connectivity index (χ1v) is 26.7. The fraction of sp³-hybridized carbons (Fsp3) is 0.944. The van der Waals surface area contributed by atoms with Crippen LogP contribution in [0.1, 0.15) is 267 Å². The van der Waals surface area contributed by atoms with Crippen molar-refractivity contribution < 1.29 is 28.6 Å². The number of hydrogen-bond acceptors (Lipinski definition) is 7. The molecule has 0 aliphatic heterocycles. The summed E-state index contributed by atoms with van der Waals surface area (Å²) in [5.41, 5.74) is 0.225. The number of esters is 3. The maximum atomic E-state index is 13.8. The Morgan fingerprint density at radius 1 is 0.508 bits per heavy atom. The monoisotopic (exact) mass is 860 g/mol. The molecule has 2 bridgehead atoms. The first kappa shape index (κ1) is 55.5. The Morgan fingerprint density at radius 2 is 0.967 bits per heavy atom. The minimum Gasteiger partial charge on any atom is -0.466 e. The predicted octanol–water partition coefficient (Wildman–Crippen LogP) is 15.3. The van der Waals surface area contributed by atoms with Crippen molar-refractivity contribution in [2.24, 2.45) is 22.2 Å². The van der Waals surface area contributed by atoms with Gasteiger partial charge in [-0.05, 0) is 138 Å². The molecule has 4 unspecified atom stereocenters. The Balaban J connectivity index is 2.05. The van der Waals surface area contributed by atoms with Gasteiger partial charge in [-0.2, -0.15) is 0 Å². The molecule has 0 aromatic rings. The lowest BCUT2D eigenvalue weighted by atomic mass is 9.47.